The first-order chi connectivity index (χ1) is 11.8. The number of nitrogens with one attached hydrogen (secondary N) is 1. The van der Waals surface area contributed by atoms with Crippen molar-refractivity contribution in [1.82, 2.24) is 9.62 Å². The number of nitrogens with zero attached hydrogens (tertiary/aromatic N) is 1. The molecule has 0 radical (unpaired) electrons. The van der Waals surface area contributed by atoms with E-state index in [1.165, 1.54) is 44.4 Å². The van der Waals surface area contributed by atoms with Crippen molar-refractivity contribution >= 4 is 22.0 Å². The van der Waals surface area contributed by atoms with Crippen molar-refractivity contribution in [1.29, 1.82) is 0 Å². The SMILES string of the molecule is CN(C)S(=O)(=O)c1ccc(/C=C/C(=O)NCc2ccc(F)cc2)cc1. The molecule has 1 N–H and O–H groups in total. The highest BCUT2D eigenvalue weighted by Crippen LogP contribution is 2.14. The van der Waals surface area contributed by atoms with Gasteiger partial charge in [0.1, 0.15) is 5.82 Å². The first-order valence-electron chi connectivity index (χ1n) is 7.52. The van der Waals surface area contributed by atoms with Gasteiger partial charge in [-0.2, -0.15) is 0 Å². The number of hydrogen-bond acceptors (Lipinski definition) is 3. The Morgan fingerprint density at radius 2 is 1.68 bits per heavy atom. The second-order valence-corrected chi connectivity index (χ2v) is 7.69. The first kappa shape index (κ1) is 18.8. The van der Waals surface area contributed by atoms with Crippen molar-refractivity contribution in [3.8, 4) is 0 Å². The van der Waals surface area contributed by atoms with Crippen molar-refractivity contribution in [3.05, 3.63) is 71.6 Å². The minimum atomic E-state index is -3.46. The molecule has 0 heterocycles. The first-order valence-corrected chi connectivity index (χ1v) is 8.96. The van der Waals surface area contributed by atoms with E-state index in [9.17, 15) is 17.6 Å². The van der Waals surface area contributed by atoms with Crippen LogP contribution in [0.5, 0.6) is 0 Å². The minimum absolute atomic E-state index is 0.190. The van der Waals surface area contributed by atoms with Crippen LogP contribution in [0.2, 0.25) is 0 Å². The molecule has 132 valence electrons. The summed E-state index contributed by atoms with van der Waals surface area (Å²) >= 11 is 0. The van der Waals surface area contributed by atoms with Gasteiger partial charge in [-0.3, -0.25) is 4.79 Å². The summed E-state index contributed by atoms with van der Waals surface area (Å²) in [7, 11) is -0.530. The summed E-state index contributed by atoms with van der Waals surface area (Å²) in [5, 5.41) is 2.69. The second kappa shape index (κ2) is 8.04. The highest BCUT2D eigenvalue weighted by Gasteiger charge is 2.16. The summed E-state index contributed by atoms with van der Waals surface area (Å²) in [4.78, 5) is 12.0. The van der Waals surface area contributed by atoms with Crippen molar-refractivity contribution in [2.24, 2.45) is 0 Å². The predicted molar refractivity (Wildman–Crippen MR) is 94.6 cm³/mol. The molecule has 1 amide bonds. The molecule has 0 bridgehead atoms. The van der Waals surface area contributed by atoms with Crippen LogP contribution in [0, 0.1) is 5.82 Å². The fourth-order valence-electron chi connectivity index (χ4n) is 1.98. The maximum Gasteiger partial charge on any atom is 0.244 e. The van der Waals surface area contributed by atoms with Gasteiger partial charge in [0, 0.05) is 26.7 Å². The van der Waals surface area contributed by atoms with Crippen LogP contribution < -0.4 is 5.32 Å². The molecule has 0 aliphatic carbocycles. The molecule has 2 rings (SSSR count). The monoisotopic (exact) mass is 362 g/mol. The molecule has 0 saturated heterocycles. The van der Waals surface area contributed by atoms with E-state index in [1.54, 1.807) is 30.3 Å². The number of rotatable bonds is 6. The molecule has 2 aromatic rings. The number of halogens is 1. The topological polar surface area (TPSA) is 66.5 Å². The van der Waals surface area contributed by atoms with E-state index in [-0.39, 0.29) is 16.6 Å². The molecular weight excluding hydrogens is 343 g/mol. The zero-order chi connectivity index (χ0) is 18.4. The van der Waals surface area contributed by atoms with Crippen molar-refractivity contribution in [2.75, 3.05) is 14.1 Å². The van der Waals surface area contributed by atoms with Crippen molar-refractivity contribution in [3.63, 3.8) is 0 Å². The van der Waals surface area contributed by atoms with E-state index in [0.29, 0.717) is 12.1 Å². The van der Waals surface area contributed by atoms with Gasteiger partial charge >= 0.3 is 0 Å². The Hall–Kier alpha value is -2.51. The fraction of sp³-hybridized carbons (Fsp3) is 0.167. The number of amides is 1. The van der Waals surface area contributed by atoms with Crippen LogP contribution in [0.4, 0.5) is 4.39 Å². The molecule has 0 spiro atoms. The average molecular weight is 362 g/mol. The van der Waals surface area contributed by atoms with Crippen LogP contribution in [-0.4, -0.2) is 32.7 Å². The third kappa shape index (κ3) is 5.23. The Morgan fingerprint density at radius 3 is 2.24 bits per heavy atom. The highest BCUT2D eigenvalue weighted by molar-refractivity contribution is 7.89. The number of carbonyl (C=O) groups excluding carboxylic acids is 1. The Balaban J connectivity index is 1.94. The predicted octanol–water partition coefficient (Wildman–Crippen LogP) is 2.41. The Kier molecular flexibility index (Phi) is 6.06. The summed E-state index contributed by atoms with van der Waals surface area (Å²) in [6.45, 7) is 0.295. The minimum Gasteiger partial charge on any atom is -0.348 e. The molecule has 25 heavy (non-hydrogen) atoms. The van der Waals surface area contributed by atoms with Crippen LogP contribution in [0.3, 0.4) is 0 Å². The van der Waals surface area contributed by atoms with E-state index in [2.05, 4.69) is 5.32 Å². The normalized spacial score (nSPS) is 11.8. The van der Waals surface area contributed by atoms with Gasteiger partial charge in [-0.15, -0.1) is 0 Å². The summed E-state index contributed by atoms with van der Waals surface area (Å²) in [6.07, 6.45) is 2.95. The molecule has 0 aliphatic heterocycles. The number of hydrogen-bond donors (Lipinski definition) is 1. The standard InChI is InChI=1S/C18H19FN2O3S/c1-21(2)25(23,24)17-10-5-14(6-11-17)7-12-18(22)20-13-15-3-8-16(19)9-4-15/h3-12H,13H2,1-2H3,(H,20,22)/b12-7+. The van der Waals surface area contributed by atoms with Gasteiger partial charge in [-0.1, -0.05) is 24.3 Å². The van der Waals surface area contributed by atoms with Gasteiger partial charge in [-0.25, -0.2) is 17.1 Å². The highest BCUT2D eigenvalue weighted by atomic mass is 32.2. The van der Waals surface area contributed by atoms with Crippen molar-refractivity contribution < 1.29 is 17.6 Å². The molecule has 0 aromatic heterocycles. The molecule has 0 fully saturated rings. The summed E-state index contributed by atoms with van der Waals surface area (Å²) in [6, 6.07) is 12.1. The van der Waals surface area contributed by atoms with Gasteiger partial charge < -0.3 is 5.32 Å². The quantitative estimate of drug-likeness (QED) is 0.803. The smallest absolute Gasteiger partial charge is 0.244 e. The third-order valence-electron chi connectivity index (χ3n) is 3.47. The zero-order valence-corrected chi connectivity index (χ0v) is 14.8. The maximum atomic E-state index is 12.8. The van der Waals surface area contributed by atoms with Crippen LogP contribution in [0.1, 0.15) is 11.1 Å². The number of benzene rings is 2. The second-order valence-electron chi connectivity index (χ2n) is 5.53. The van der Waals surface area contributed by atoms with E-state index in [0.717, 1.165) is 9.87 Å². The molecule has 0 atom stereocenters. The number of carbonyl (C=O) groups is 1. The third-order valence-corrected chi connectivity index (χ3v) is 5.30. The lowest BCUT2D eigenvalue weighted by Gasteiger charge is -2.11. The van der Waals surface area contributed by atoms with Crippen LogP contribution in [0.25, 0.3) is 6.08 Å². The van der Waals surface area contributed by atoms with Crippen molar-refractivity contribution in [2.45, 2.75) is 11.4 Å². The van der Waals surface area contributed by atoms with Gasteiger partial charge in [0.05, 0.1) is 4.90 Å². The largest absolute Gasteiger partial charge is 0.348 e. The maximum absolute atomic E-state index is 12.8. The average Bonchev–Trinajstić information content (AvgIpc) is 2.59. The molecule has 0 unspecified atom stereocenters. The van der Waals surface area contributed by atoms with E-state index in [4.69, 9.17) is 0 Å². The summed E-state index contributed by atoms with van der Waals surface area (Å²) in [5.74, 6) is -0.621. The van der Waals surface area contributed by atoms with E-state index in [1.807, 2.05) is 0 Å². The summed E-state index contributed by atoms with van der Waals surface area (Å²) < 4.78 is 37.9. The molecule has 2 aromatic carbocycles. The Bertz CT molecular complexity index is 858. The fourth-order valence-corrected chi connectivity index (χ4v) is 2.89. The molecule has 7 heteroatoms. The van der Waals surface area contributed by atoms with E-state index >= 15 is 0 Å². The molecule has 5 nitrogen and oxygen atoms in total. The molecule has 0 saturated carbocycles. The van der Waals surface area contributed by atoms with Gasteiger partial charge in [-0.05, 0) is 41.5 Å². The van der Waals surface area contributed by atoms with Gasteiger partial charge in [0.2, 0.25) is 15.9 Å². The van der Waals surface area contributed by atoms with Gasteiger partial charge in [0.15, 0.2) is 0 Å². The van der Waals surface area contributed by atoms with Crippen LogP contribution >= 0.6 is 0 Å². The lowest BCUT2D eigenvalue weighted by atomic mass is 10.2. The van der Waals surface area contributed by atoms with Gasteiger partial charge in [0.25, 0.3) is 0 Å². The van der Waals surface area contributed by atoms with E-state index < -0.39 is 10.0 Å². The van der Waals surface area contributed by atoms with Crippen LogP contribution in [-0.2, 0) is 21.4 Å². The lowest BCUT2D eigenvalue weighted by Crippen LogP contribution is -2.22. The molecule has 0 aliphatic rings. The lowest BCUT2D eigenvalue weighted by molar-refractivity contribution is -0.116. The summed E-state index contributed by atoms with van der Waals surface area (Å²) in [5.41, 5.74) is 1.50. The van der Waals surface area contributed by atoms with Crippen LogP contribution in [0.15, 0.2) is 59.5 Å². The Morgan fingerprint density at radius 1 is 1.08 bits per heavy atom. The zero-order valence-electron chi connectivity index (χ0n) is 13.9. The molecular formula is C18H19FN2O3S. The Labute approximate surface area is 146 Å². The number of sulfonamides is 1.